The first-order valence-electron chi connectivity index (χ1n) is 6.47. The van der Waals surface area contributed by atoms with Gasteiger partial charge in [0.25, 0.3) is 0 Å². The number of benzene rings is 1. The van der Waals surface area contributed by atoms with Crippen LogP contribution in [-0.2, 0) is 4.74 Å². The van der Waals surface area contributed by atoms with Gasteiger partial charge >= 0.3 is 0 Å². The van der Waals surface area contributed by atoms with Gasteiger partial charge in [-0.3, -0.25) is 4.90 Å². The maximum Gasteiger partial charge on any atom is 0.123 e. The third-order valence-corrected chi connectivity index (χ3v) is 3.66. The summed E-state index contributed by atoms with van der Waals surface area (Å²) in [6.07, 6.45) is 2.51. The van der Waals surface area contributed by atoms with E-state index in [0.717, 1.165) is 31.5 Å². The van der Waals surface area contributed by atoms with Gasteiger partial charge in [-0.1, -0.05) is 12.1 Å². The lowest BCUT2D eigenvalue weighted by Gasteiger charge is -2.37. The second-order valence-electron chi connectivity index (χ2n) is 4.80. The fraction of sp³-hybridized carbons (Fsp3) is 0.571. The van der Waals surface area contributed by atoms with Crippen molar-refractivity contribution in [3.8, 4) is 0 Å². The maximum absolute atomic E-state index is 12.9. The summed E-state index contributed by atoms with van der Waals surface area (Å²) in [7, 11) is 1.75. The number of hydrogen-bond donors (Lipinski definition) is 1. The molecular formula is C14H21FN2O. The first kappa shape index (κ1) is 13.5. The monoisotopic (exact) mass is 252 g/mol. The Hall–Kier alpha value is -0.970. The van der Waals surface area contributed by atoms with E-state index in [2.05, 4.69) is 4.90 Å². The molecule has 3 nitrogen and oxygen atoms in total. The zero-order valence-electron chi connectivity index (χ0n) is 10.8. The zero-order chi connectivity index (χ0) is 13.0. The lowest BCUT2D eigenvalue weighted by atomic mass is 10.0. The molecule has 2 rings (SSSR count). The lowest BCUT2D eigenvalue weighted by molar-refractivity contribution is 0.0155. The number of likely N-dealkylation sites (tertiary alicyclic amines) is 1. The van der Waals surface area contributed by atoms with Crippen molar-refractivity contribution in [1.82, 2.24) is 4.90 Å². The Kier molecular flexibility index (Phi) is 4.69. The van der Waals surface area contributed by atoms with Gasteiger partial charge in [0.15, 0.2) is 0 Å². The molecule has 1 fully saturated rings. The van der Waals surface area contributed by atoms with Gasteiger partial charge in [0.1, 0.15) is 5.82 Å². The fourth-order valence-corrected chi connectivity index (χ4v) is 2.62. The van der Waals surface area contributed by atoms with Crippen molar-refractivity contribution in [3.63, 3.8) is 0 Å². The van der Waals surface area contributed by atoms with E-state index < -0.39 is 0 Å². The highest BCUT2D eigenvalue weighted by molar-refractivity contribution is 5.20. The first-order valence-corrected chi connectivity index (χ1v) is 6.47. The molecule has 0 amide bonds. The van der Waals surface area contributed by atoms with E-state index in [1.54, 1.807) is 7.11 Å². The van der Waals surface area contributed by atoms with Crippen molar-refractivity contribution in [2.75, 3.05) is 26.7 Å². The molecule has 18 heavy (non-hydrogen) atoms. The Morgan fingerprint density at radius 1 is 1.44 bits per heavy atom. The summed E-state index contributed by atoms with van der Waals surface area (Å²) in [4.78, 5) is 2.34. The highest BCUT2D eigenvalue weighted by atomic mass is 19.1. The molecule has 0 aromatic heterocycles. The van der Waals surface area contributed by atoms with Crippen molar-refractivity contribution in [1.29, 1.82) is 0 Å². The zero-order valence-corrected chi connectivity index (χ0v) is 10.8. The van der Waals surface area contributed by atoms with E-state index in [0.29, 0.717) is 6.54 Å². The second kappa shape index (κ2) is 6.27. The molecular weight excluding hydrogens is 231 g/mol. The average Bonchev–Trinajstić information content (AvgIpc) is 2.42. The Morgan fingerprint density at radius 3 is 2.78 bits per heavy atom. The highest BCUT2D eigenvalue weighted by Gasteiger charge is 2.25. The minimum atomic E-state index is -0.206. The molecule has 0 radical (unpaired) electrons. The van der Waals surface area contributed by atoms with Crippen LogP contribution in [-0.4, -0.2) is 37.7 Å². The van der Waals surface area contributed by atoms with Gasteiger partial charge in [0.2, 0.25) is 0 Å². The summed E-state index contributed by atoms with van der Waals surface area (Å²) in [6.45, 7) is 2.47. The Balaban J connectivity index is 2.10. The molecule has 2 N–H and O–H groups in total. The first-order chi connectivity index (χ1) is 8.74. The number of methoxy groups -OCH3 is 1. The van der Waals surface area contributed by atoms with Crippen molar-refractivity contribution < 1.29 is 9.13 Å². The molecule has 1 aromatic carbocycles. The van der Waals surface area contributed by atoms with Gasteiger partial charge in [-0.2, -0.15) is 0 Å². The van der Waals surface area contributed by atoms with Crippen LogP contribution in [0.25, 0.3) is 0 Å². The molecule has 1 heterocycles. The van der Waals surface area contributed by atoms with Crippen molar-refractivity contribution in [2.24, 2.45) is 5.73 Å². The normalized spacial score (nSPS) is 22.9. The van der Waals surface area contributed by atoms with Gasteiger partial charge < -0.3 is 10.5 Å². The summed E-state index contributed by atoms with van der Waals surface area (Å²) in [5.41, 5.74) is 6.96. The minimum absolute atomic E-state index is 0.156. The molecule has 2 unspecified atom stereocenters. The molecule has 1 saturated heterocycles. The molecule has 0 saturated carbocycles. The molecule has 0 spiro atoms. The van der Waals surface area contributed by atoms with Crippen LogP contribution in [0.15, 0.2) is 24.3 Å². The largest absolute Gasteiger partial charge is 0.380 e. The number of hydrogen-bond acceptors (Lipinski definition) is 3. The molecule has 0 aliphatic carbocycles. The van der Waals surface area contributed by atoms with Gasteiger partial charge in [-0.05, 0) is 37.1 Å². The lowest BCUT2D eigenvalue weighted by Crippen LogP contribution is -2.43. The number of ether oxygens (including phenoxy) is 1. The fourth-order valence-electron chi connectivity index (χ4n) is 2.62. The van der Waals surface area contributed by atoms with Crippen molar-refractivity contribution in [2.45, 2.75) is 25.0 Å². The Bertz CT molecular complexity index is 369. The smallest absolute Gasteiger partial charge is 0.123 e. The van der Waals surface area contributed by atoms with E-state index in [4.69, 9.17) is 10.5 Å². The maximum atomic E-state index is 12.9. The number of nitrogens with two attached hydrogens (primary N) is 1. The van der Waals surface area contributed by atoms with Gasteiger partial charge in [-0.25, -0.2) is 4.39 Å². The van der Waals surface area contributed by atoms with Gasteiger partial charge in [0, 0.05) is 26.2 Å². The second-order valence-corrected chi connectivity index (χ2v) is 4.80. The number of nitrogens with zero attached hydrogens (tertiary/aromatic N) is 1. The minimum Gasteiger partial charge on any atom is -0.380 e. The van der Waals surface area contributed by atoms with Crippen LogP contribution < -0.4 is 5.73 Å². The van der Waals surface area contributed by atoms with Crippen LogP contribution >= 0.6 is 0 Å². The molecule has 1 aliphatic rings. The summed E-state index contributed by atoms with van der Waals surface area (Å²) in [5.74, 6) is -0.206. The van der Waals surface area contributed by atoms with E-state index in [-0.39, 0.29) is 18.0 Å². The number of piperidine rings is 1. The quantitative estimate of drug-likeness (QED) is 0.890. The number of rotatable bonds is 4. The van der Waals surface area contributed by atoms with Crippen LogP contribution in [0.4, 0.5) is 4.39 Å². The summed E-state index contributed by atoms with van der Waals surface area (Å²) < 4.78 is 18.4. The van der Waals surface area contributed by atoms with Crippen LogP contribution in [0.3, 0.4) is 0 Å². The van der Waals surface area contributed by atoms with Gasteiger partial charge in [0.05, 0.1) is 6.10 Å². The SMILES string of the molecule is COC1CCCN(C(CN)c2ccc(F)cc2)C1. The van der Waals surface area contributed by atoms with E-state index >= 15 is 0 Å². The molecule has 2 atom stereocenters. The summed E-state index contributed by atoms with van der Waals surface area (Å²) >= 11 is 0. The predicted octanol–water partition coefficient (Wildman–Crippen LogP) is 1.94. The standard InChI is InChI=1S/C14H21FN2O/c1-18-13-3-2-8-17(10-13)14(9-16)11-4-6-12(15)7-5-11/h4-7,13-14H,2-3,8-10,16H2,1H3. The Morgan fingerprint density at radius 2 is 2.17 bits per heavy atom. The van der Waals surface area contributed by atoms with E-state index in [1.165, 1.54) is 12.1 Å². The van der Waals surface area contributed by atoms with Crippen LogP contribution in [0.2, 0.25) is 0 Å². The third kappa shape index (κ3) is 3.07. The predicted molar refractivity (Wildman–Crippen MR) is 69.8 cm³/mol. The van der Waals surface area contributed by atoms with Gasteiger partial charge in [-0.15, -0.1) is 0 Å². The molecule has 1 aliphatic heterocycles. The Labute approximate surface area is 108 Å². The highest BCUT2D eigenvalue weighted by Crippen LogP contribution is 2.24. The average molecular weight is 252 g/mol. The molecule has 100 valence electrons. The van der Waals surface area contributed by atoms with Crippen LogP contribution in [0.5, 0.6) is 0 Å². The summed E-state index contributed by atoms with van der Waals surface area (Å²) in [6, 6.07) is 6.79. The molecule has 4 heteroatoms. The van der Waals surface area contributed by atoms with Crippen LogP contribution in [0, 0.1) is 5.82 Å². The summed E-state index contributed by atoms with van der Waals surface area (Å²) in [5, 5.41) is 0. The van der Waals surface area contributed by atoms with Crippen molar-refractivity contribution >= 4 is 0 Å². The molecule has 0 bridgehead atoms. The molecule has 1 aromatic rings. The topological polar surface area (TPSA) is 38.5 Å². The van der Waals surface area contributed by atoms with Crippen molar-refractivity contribution in [3.05, 3.63) is 35.6 Å². The number of halogens is 1. The third-order valence-electron chi connectivity index (χ3n) is 3.66. The van der Waals surface area contributed by atoms with E-state index in [9.17, 15) is 4.39 Å². The van der Waals surface area contributed by atoms with Crippen LogP contribution in [0.1, 0.15) is 24.4 Å². The van der Waals surface area contributed by atoms with E-state index in [1.807, 2.05) is 12.1 Å².